The van der Waals surface area contributed by atoms with Gasteiger partial charge in [-0.3, -0.25) is 4.79 Å². The first-order chi connectivity index (χ1) is 10.1. The first-order valence-electron chi connectivity index (χ1n) is 7.12. The average Bonchev–Trinajstić information content (AvgIpc) is 2.46. The van der Waals surface area contributed by atoms with Crippen LogP contribution in [0.3, 0.4) is 0 Å². The molecule has 21 heavy (non-hydrogen) atoms. The third kappa shape index (κ3) is 4.43. The minimum Gasteiger partial charge on any atom is -0.480 e. The summed E-state index contributed by atoms with van der Waals surface area (Å²) in [6.07, 6.45) is 0.487. The van der Waals surface area contributed by atoms with Crippen LogP contribution >= 0.6 is 0 Å². The van der Waals surface area contributed by atoms with Crippen LogP contribution in [0.1, 0.15) is 22.3 Å². The Morgan fingerprint density at radius 1 is 1.14 bits per heavy atom. The summed E-state index contributed by atoms with van der Waals surface area (Å²) in [7, 11) is 0. The zero-order valence-corrected chi connectivity index (χ0v) is 12.5. The lowest BCUT2D eigenvalue weighted by molar-refractivity contribution is -0.139. The molecule has 3 heteroatoms. The Kier molecular flexibility index (Phi) is 5.12. The maximum atomic E-state index is 11.4. The summed E-state index contributed by atoms with van der Waals surface area (Å²) in [5.41, 5.74) is 4.57. The van der Waals surface area contributed by atoms with Gasteiger partial charge in [-0.1, -0.05) is 54.1 Å². The number of carboxylic acids is 1. The van der Waals surface area contributed by atoms with Crippen LogP contribution in [0.2, 0.25) is 0 Å². The molecule has 0 saturated carbocycles. The van der Waals surface area contributed by atoms with Gasteiger partial charge in [0.2, 0.25) is 0 Å². The fourth-order valence-corrected chi connectivity index (χ4v) is 2.37. The number of hydrogen-bond donors (Lipinski definition) is 2. The molecule has 2 aromatic rings. The van der Waals surface area contributed by atoms with Crippen LogP contribution < -0.4 is 5.32 Å². The summed E-state index contributed by atoms with van der Waals surface area (Å²) >= 11 is 0. The molecule has 0 spiro atoms. The average molecular weight is 283 g/mol. The van der Waals surface area contributed by atoms with Crippen molar-refractivity contribution >= 4 is 5.97 Å². The fourth-order valence-electron chi connectivity index (χ4n) is 2.37. The number of nitrogens with one attached hydrogen (secondary N) is 1. The highest BCUT2D eigenvalue weighted by Crippen LogP contribution is 2.11. The number of aliphatic carboxylic acids is 1. The molecule has 0 aliphatic heterocycles. The standard InChI is InChI=1S/C18H21NO2/c1-13-8-9-16(14(2)10-13)12-19-17(18(20)21)11-15-6-4-3-5-7-15/h3-10,17,19H,11-12H2,1-2H3,(H,20,21)/t17-/m1/s1. The maximum absolute atomic E-state index is 11.4. The molecule has 0 amide bonds. The molecule has 0 saturated heterocycles. The largest absolute Gasteiger partial charge is 0.480 e. The van der Waals surface area contributed by atoms with Crippen molar-refractivity contribution in [2.45, 2.75) is 32.9 Å². The minimum atomic E-state index is -0.816. The van der Waals surface area contributed by atoms with E-state index in [9.17, 15) is 9.90 Å². The van der Waals surface area contributed by atoms with Crippen molar-refractivity contribution in [3.8, 4) is 0 Å². The summed E-state index contributed by atoms with van der Waals surface area (Å²) in [6, 6.07) is 15.3. The second-order valence-corrected chi connectivity index (χ2v) is 5.39. The molecule has 0 unspecified atom stereocenters. The zero-order valence-electron chi connectivity index (χ0n) is 12.5. The van der Waals surface area contributed by atoms with Gasteiger partial charge in [0.05, 0.1) is 0 Å². The van der Waals surface area contributed by atoms with Gasteiger partial charge in [0, 0.05) is 6.54 Å². The monoisotopic (exact) mass is 283 g/mol. The van der Waals surface area contributed by atoms with Crippen molar-refractivity contribution in [2.24, 2.45) is 0 Å². The van der Waals surface area contributed by atoms with Crippen molar-refractivity contribution in [3.05, 3.63) is 70.8 Å². The molecular formula is C18H21NO2. The van der Waals surface area contributed by atoms with Crippen molar-refractivity contribution in [2.75, 3.05) is 0 Å². The Morgan fingerprint density at radius 3 is 2.48 bits per heavy atom. The zero-order chi connectivity index (χ0) is 15.2. The van der Waals surface area contributed by atoms with Crippen molar-refractivity contribution in [1.29, 1.82) is 0 Å². The molecule has 2 N–H and O–H groups in total. The third-order valence-corrected chi connectivity index (χ3v) is 3.62. The summed E-state index contributed by atoms with van der Waals surface area (Å²) in [5, 5.41) is 12.5. The molecule has 2 rings (SSSR count). The van der Waals surface area contributed by atoms with Gasteiger partial charge in [-0.2, -0.15) is 0 Å². The lowest BCUT2D eigenvalue weighted by Crippen LogP contribution is -2.38. The Bertz CT molecular complexity index is 608. The van der Waals surface area contributed by atoms with Crippen LogP contribution in [0, 0.1) is 13.8 Å². The fraction of sp³-hybridized carbons (Fsp3) is 0.278. The Labute approximate surface area is 125 Å². The molecule has 0 aromatic heterocycles. The van der Waals surface area contributed by atoms with E-state index in [0.29, 0.717) is 13.0 Å². The quantitative estimate of drug-likeness (QED) is 0.856. The SMILES string of the molecule is Cc1ccc(CN[C@H](Cc2ccccc2)C(=O)O)c(C)c1. The van der Waals surface area contributed by atoms with Crippen molar-refractivity contribution in [3.63, 3.8) is 0 Å². The highest BCUT2D eigenvalue weighted by molar-refractivity contribution is 5.73. The first kappa shape index (κ1) is 15.3. The van der Waals surface area contributed by atoms with E-state index < -0.39 is 12.0 Å². The lowest BCUT2D eigenvalue weighted by atomic mass is 10.0. The molecule has 110 valence electrons. The Morgan fingerprint density at radius 2 is 1.86 bits per heavy atom. The number of benzene rings is 2. The minimum absolute atomic E-state index is 0.487. The summed E-state index contributed by atoms with van der Waals surface area (Å²) in [4.78, 5) is 11.4. The maximum Gasteiger partial charge on any atom is 0.321 e. The molecular weight excluding hydrogens is 262 g/mol. The van der Waals surface area contributed by atoms with E-state index in [1.54, 1.807) is 0 Å². The van der Waals surface area contributed by atoms with Gasteiger partial charge in [0.15, 0.2) is 0 Å². The van der Waals surface area contributed by atoms with Gasteiger partial charge in [0.1, 0.15) is 6.04 Å². The van der Waals surface area contributed by atoms with Gasteiger partial charge < -0.3 is 10.4 Å². The molecule has 2 aromatic carbocycles. The number of hydrogen-bond acceptors (Lipinski definition) is 2. The van der Waals surface area contributed by atoms with Gasteiger partial charge in [-0.25, -0.2) is 0 Å². The molecule has 0 bridgehead atoms. The summed E-state index contributed by atoms with van der Waals surface area (Å²) in [6.45, 7) is 4.67. The summed E-state index contributed by atoms with van der Waals surface area (Å²) in [5.74, 6) is -0.816. The second-order valence-electron chi connectivity index (χ2n) is 5.39. The second kappa shape index (κ2) is 7.04. The van der Waals surface area contributed by atoms with Gasteiger partial charge in [0.25, 0.3) is 0 Å². The van der Waals surface area contributed by atoms with E-state index >= 15 is 0 Å². The molecule has 3 nitrogen and oxygen atoms in total. The van der Waals surface area contributed by atoms with Crippen LogP contribution in [0.15, 0.2) is 48.5 Å². The van der Waals surface area contributed by atoms with E-state index in [0.717, 1.165) is 11.1 Å². The van der Waals surface area contributed by atoms with E-state index in [-0.39, 0.29) is 0 Å². The number of carboxylic acid groups (broad SMARTS) is 1. The molecule has 0 radical (unpaired) electrons. The van der Waals surface area contributed by atoms with Crippen molar-refractivity contribution in [1.82, 2.24) is 5.32 Å². The topological polar surface area (TPSA) is 49.3 Å². The third-order valence-electron chi connectivity index (χ3n) is 3.62. The number of rotatable bonds is 6. The predicted octanol–water partition coefficient (Wildman–Crippen LogP) is 3.09. The predicted molar refractivity (Wildman–Crippen MR) is 84.3 cm³/mol. The van der Waals surface area contributed by atoms with Crippen LogP contribution in [-0.2, 0) is 17.8 Å². The summed E-state index contributed by atoms with van der Waals surface area (Å²) < 4.78 is 0. The molecule has 0 aliphatic rings. The van der Waals surface area contributed by atoms with Gasteiger partial charge in [-0.05, 0) is 37.0 Å². The highest BCUT2D eigenvalue weighted by atomic mass is 16.4. The van der Waals surface area contributed by atoms with Crippen LogP contribution in [0.25, 0.3) is 0 Å². The van der Waals surface area contributed by atoms with Crippen LogP contribution in [0.4, 0.5) is 0 Å². The molecule has 1 atom stereocenters. The smallest absolute Gasteiger partial charge is 0.321 e. The Hall–Kier alpha value is -2.13. The number of aryl methyl sites for hydroxylation is 2. The Balaban J connectivity index is 2.02. The lowest BCUT2D eigenvalue weighted by Gasteiger charge is -2.16. The normalized spacial score (nSPS) is 12.1. The van der Waals surface area contributed by atoms with E-state index in [1.165, 1.54) is 11.1 Å². The van der Waals surface area contributed by atoms with E-state index in [4.69, 9.17) is 0 Å². The van der Waals surface area contributed by atoms with Gasteiger partial charge >= 0.3 is 5.97 Å². The van der Waals surface area contributed by atoms with Crippen LogP contribution in [0.5, 0.6) is 0 Å². The molecule has 0 aliphatic carbocycles. The van der Waals surface area contributed by atoms with Crippen LogP contribution in [-0.4, -0.2) is 17.1 Å². The van der Waals surface area contributed by atoms with Crippen molar-refractivity contribution < 1.29 is 9.90 Å². The molecule has 0 fully saturated rings. The number of carbonyl (C=O) groups is 1. The highest BCUT2D eigenvalue weighted by Gasteiger charge is 2.17. The van der Waals surface area contributed by atoms with E-state index in [2.05, 4.69) is 37.4 Å². The first-order valence-corrected chi connectivity index (χ1v) is 7.12. The molecule has 0 heterocycles. The van der Waals surface area contributed by atoms with E-state index in [1.807, 2.05) is 30.3 Å². The van der Waals surface area contributed by atoms with Gasteiger partial charge in [-0.15, -0.1) is 0 Å².